The number of benzene rings is 1. The lowest BCUT2D eigenvalue weighted by Crippen LogP contribution is -2.25. The van der Waals surface area contributed by atoms with E-state index in [0.717, 1.165) is 11.3 Å². The highest BCUT2D eigenvalue weighted by Crippen LogP contribution is 2.05. The number of nitrogens with zero attached hydrogens (tertiary/aromatic N) is 3. The first kappa shape index (κ1) is 12.8. The second kappa shape index (κ2) is 5.36. The highest BCUT2D eigenvalue weighted by Gasteiger charge is 2.10. The number of hydrogen-bond acceptors (Lipinski definition) is 3. The van der Waals surface area contributed by atoms with Crippen molar-refractivity contribution in [2.75, 3.05) is 0 Å². The molecule has 0 bridgehead atoms. The summed E-state index contributed by atoms with van der Waals surface area (Å²) in [5, 5.41) is 15.7. The van der Waals surface area contributed by atoms with Gasteiger partial charge in [0.05, 0.1) is 17.3 Å². The largest absolute Gasteiger partial charge is 0.347 e. The molecule has 0 fully saturated rings. The van der Waals surface area contributed by atoms with Crippen molar-refractivity contribution in [1.29, 1.82) is 5.26 Å². The summed E-state index contributed by atoms with van der Waals surface area (Å²) in [6.07, 6.45) is 0. The van der Waals surface area contributed by atoms with Crippen molar-refractivity contribution in [2.24, 2.45) is 7.05 Å². The number of aryl methyl sites for hydroxylation is 2. The third-order valence-electron chi connectivity index (χ3n) is 2.77. The minimum atomic E-state index is -0.160. The SMILES string of the molecule is Cc1cc(C(=O)NCc2ccc(C#N)cc2)n(C)n1. The zero-order valence-corrected chi connectivity index (χ0v) is 10.8. The average molecular weight is 254 g/mol. The molecule has 0 saturated carbocycles. The van der Waals surface area contributed by atoms with E-state index in [1.807, 2.05) is 19.1 Å². The predicted molar refractivity (Wildman–Crippen MR) is 70.3 cm³/mol. The molecule has 1 aromatic heterocycles. The molecule has 0 radical (unpaired) electrons. The summed E-state index contributed by atoms with van der Waals surface area (Å²) in [6, 6.07) is 10.9. The third kappa shape index (κ3) is 2.99. The summed E-state index contributed by atoms with van der Waals surface area (Å²) < 4.78 is 1.56. The maximum atomic E-state index is 12.0. The molecule has 0 aliphatic heterocycles. The molecule has 1 N–H and O–H groups in total. The molecule has 2 aromatic rings. The number of aromatic nitrogens is 2. The molecular formula is C14H14N4O. The topological polar surface area (TPSA) is 70.7 Å². The molecule has 1 aromatic carbocycles. The summed E-state index contributed by atoms with van der Waals surface area (Å²) >= 11 is 0. The number of amides is 1. The Bertz CT molecular complexity index is 634. The van der Waals surface area contributed by atoms with Crippen molar-refractivity contribution < 1.29 is 4.79 Å². The molecule has 5 nitrogen and oxygen atoms in total. The van der Waals surface area contributed by atoms with E-state index in [1.165, 1.54) is 0 Å². The Labute approximate surface area is 111 Å². The Hall–Kier alpha value is -2.61. The Morgan fingerprint density at radius 3 is 2.63 bits per heavy atom. The predicted octanol–water partition coefficient (Wildman–Crippen LogP) is 1.53. The number of rotatable bonds is 3. The molecule has 19 heavy (non-hydrogen) atoms. The zero-order chi connectivity index (χ0) is 13.8. The highest BCUT2D eigenvalue weighted by molar-refractivity contribution is 5.92. The van der Waals surface area contributed by atoms with Gasteiger partial charge < -0.3 is 5.32 Å². The molecule has 0 aliphatic rings. The number of nitrogens with one attached hydrogen (secondary N) is 1. The molecule has 1 heterocycles. The molecule has 0 unspecified atom stereocenters. The summed E-state index contributed by atoms with van der Waals surface area (Å²) in [5.74, 6) is -0.160. The van der Waals surface area contributed by atoms with Crippen molar-refractivity contribution in [3.8, 4) is 6.07 Å². The van der Waals surface area contributed by atoms with Gasteiger partial charge in [0.25, 0.3) is 5.91 Å². The molecule has 0 saturated heterocycles. The second-order valence-corrected chi connectivity index (χ2v) is 4.29. The van der Waals surface area contributed by atoms with Crippen molar-refractivity contribution in [2.45, 2.75) is 13.5 Å². The Kier molecular flexibility index (Phi) is 3.62. The van der Waals surface area contributed by atoms with Crippen LogP contribution in [0.1, 0.15) is 27.3 Å². The van der Waals surface area contributed by atoms with Gasteiger partial charge in [-0.1, -0.05) is 12.1 Å². The Balaban J connectivity index is 2.00. The van der Waals surface area contributed by atoms with Crippen LogP contribution < -0.4 is 5.32 Å². The molecule has 1 amide bonds. The van der Waals surface area contributed by atoms with Gasteiger partial charge in [-0.15, -0.1) is 0 Å². The van der Waals surface area contributed by atoms with Gasteiger partial charge in [-0.05, 0) is 30.7 Å². The lowest BCUT2D eigenvalue weighted by atomic mass is 10.1. The first-order valence-corrected chi connectivity index (χ1v) is 5.88. The smallest absolute Gasteiger partial charge is 0.269 e. The van der Waals surface area contributed by atoms with E-state index >= 15 is 0 Å². The second-order valence-electron chi connectivity index (χ2n) is 4.29. The van der Waals surface area contributed by atoms with Crippen LogP contribution in [-0.4, -0.2) is 15.7 Å². The number of carbonyl (C=O) groups is 1. The number of hydrogen-bond donors (Lipinski definition) is 1. The minimum Gasteiger partial charge on any atom is -0.347 e. The van der Waals surface area contributed by atoms with E-state index in [9.17, 15) is 4.79 Å². The standard InChI is InChI=1S/C14H14N4O/c1-10-7-13(18(2)17-10)14(19)16-9-12-5-3-11(8-15)4-6-12/h3-7H,9H2,1-2H3,(H,16,19). The van der Waals surface area contributed by atoms with Crippen molar-refractivity contribution in [1.82, 2.24) is 15.1 Å². The average Bonchev–Trinajstić information content (AvgIpc) is 2.75. The fraction of sp³-hybridized carbons (Fsp3) is 0.214. The van der Waals surface area contributed by atoms with Gasteiger partial charge in [0, 0.05) is 13.6 Å². The van der Waals surface area contributed by atoms with Crippen LogP contribution in [0.3, 0.4) is 0 Å². The van der Waals surface area contributed by atoms with E-state index in [-0.39, 0.29) is 5.91 Å². The molecule has 0 atom stereocenters. The zero-order valence-electron chi connectivity index (χ0n) is 10.8. The Morgan fingerprint density at radius 1 is 1.42 bits per heavy atom. The molecule has 0 aliphatic carbocycles. The third-order valence-corrected chi connectivity index (χ3v) is 2.77. The van der Waals surface area contributed by atoms with Crippen molar-refractivity contribution in [3.05, 3.63) is 52.8 Å². The maximum Gasteiger partial charge on any atom is 0.269 e. The van der Waals surface area contributed by atoms with Gasteiger partial charge in [0.1, 0.15) is 5.69 Å². The van der Waals surface area contributed by atoms with Crippen LogP contribution in [0.2, 0.25) is 0 Å². The molecule has 96 valence electrons. The van der Waals surface area contributed by atoms with E-state index in [2.05, 4.69) is 16.5 Å². The minimum absolute atomic E-state index is 0.160. The van der Waals surface area contributed by atoms with Gasteiger partial charge in [0.15, 0.2) is 0 Å². The van der Waals surface area contributed by atoms with Gasteiger partial charge >= 0.3 is 0 Å². The van der Waals surface area contributed by atoms with Gasteiger partial charge in [-0.2, -0.15) is 10.4 Å². The fourth-order valence-corrected chi connectivity index (χ4v) is 1.79. The van der Waals surface area contributed by atoms with Crippen LogP contribution in [0, 0.1) is 18.3 Å². The molecule has 5 heteroatoms. The van der Waals surface area contributed by atoms with Crippen LogP contribution in [-0.2, 0) is 13.6 Å². The Morgan fingerprint density at radius 2 is 2.11 bits per heavy atom. The summed E-state index contributed by atoms with van der Waals surface area (Å²) in [6.45, 7) is 2.27. The summed E-state index contributed by atoms with van der Waals surface area (Å²) in [5.41, 5.74) is 2.90. The normalized spacial score (nSPS) is 9.95. The van der Waals surface area contributed by atoms with Crippen LogP contribution in [0.25, 0.3) is 0 Å². The van der Waals surface area contributed by atoms with E-state index in [4.69, 9.17) is 5.26 Å². The number of carbonyl (C=O) groups excluding carboxylic acids is 1. The quantitative estimate of drug-likeness (QED) is 0.903. The van der Waals surface area contributed by atoms with E-state index in [0.29, 0.717) is 17.8 Å². The number of nitriles is 1. The molecule has 0 spiro atoms. The van der Waals surface area contributed by atoms with Crippen LogP contribution in [0.5, 0.6) is 0 Å². The molecular weight excluding hydrogens is 240 g/mol. The highest BCUT2D eigenvalue weighted by atomic mass is 16.2. The summed E-state index contributed by atoms with van der Waals surface area (Å²) in [7, 11) is 1.74. The van der Waals surface area contributed by atoms with Gasteiger partial charge in [-0.3, -0.25) is 9.48 Å². The lowest BCUT2D eigenvalue weighted by molar-refractivity contribution is 0.0941. The first-order valence-electron chi connectivity index (χ1n) is 5.88. The van der Waals surface area contributed by atoms with Crippen LogP contribution in [0.4, 0.5) is 0 Å². The van der Waals surface area contributed by atoms with Crippen LogP contribution in [0.15, 0.2) is 30.3 Å². The van der Waals surface area contributed by atoms with E-state index < -0.39 is 0 Å². The first-order chi connectivity index (χ1) is 9.10. The fourth-order valence-electron chi connectivity index (χ4n) is 1.79. The lowest BCUT2D eigenvalue weighted by Gasteiger charge is -2.05. The van der Waals surface area contributed by atoms with Crippen LogP contribution >= 0.6 is 0 Å². The maximum absolute atomic E-state index is 12.0. The molecule has 2 rings (SSSR count). The van der Waals surface area contributed by atoms with Crippen molar-refractivity contribution in [3.63, 3.8) is 0 Å². The van der Waals surface area contributed by atoms with Gasteiger partial charge in [0.2, 0.25) is 0 Å². The van der Waals surface area contributed by atoms with E-state index in [1.54, 1.807) is 29.9 Å². The summed E-state index contributed by atoms with van der Waals surface area (Å²) in [4.78, 5) is 12.0. The van der Waals surface area contributed by atoms with Crippen molar-refractivity contribution >= 4 is 5.91 Å². The monoisotopic (exact) mass is 254 g/mol. The van der Waals surface area contributed by atoms with Gasteiger partial charge in [-0.25, -0.2) is 0 Å².